The molecule has 4 heterocycles. The van der Waals surface area contributed by atoms with E-state index in [2.05, 4.69) is 91.8 Å². The Balaban J connectivity index is 0.00000267. The molecule has 0 N–H and O–H groups in total. The van der Waals surface area contributed by atoms with Crippen LogP contribution in [-0.2, 0) is 26.5 Å². The smallest absolute Gasteiger partial charge is 0.439 e. The Morgan fingerprint density at radius 1 is 0.806 bits per heavy atom. The van der Waals surface area contributed by atoms with Crippen LogP contribution < -0.4 is 4.98 Å². The second-order valence-corrected chi connectivity index (χ2v) is 9.98. The first-order valence-corrected chi connectivity index (χ1v) is 11.9. The number of aryl methyl sites for hydroxylation is 1. The first-order chi connectivity index (χ1) is 16.9. The molecule has 0 fully saturated rings. The summed E-state index contributed by atoms with van der Waals surface area (Å²) >= 11 is 0. The average Bonchev–Trinajstić information content (AvgIpc) is 3.42. The van der Waals surface area contributed by atoms with Crippen LogP contribution >= 0.6 is 0 Å². The molecule has 6 aromatic rings. The fraction of sp³-hybridized carbons (Fsp3) is 0.161. The van der Waals surface area contributed by atoms with Crippen molar-refractivity contribution in [3.05, 3.63) is 103 Å². The molecule has 0 saturated heterocycles. The van der Waals surface area contributed by atoms with Gasteiger partial charge in [-0.1, -0.05) is 97.9 Å². The first kappa shape index (κ1) is 24.2. The van der Waals surface area contributed by atoms with E-state index in [0.717, 1.165) is 50.4 Å². The van der Waals surface area contributed by atoms with E-state index >= 15 is 0 Å². The molecular formula is C31H26N4Pt. The molecule has 4 nitrogen and oxygen atoms in total. The minimum atomic E-state index is -0.0835. The van der Waals surface area contributed by atoms with Crippen LogP contribution in [-0.4, -0.2) is 14.5 Å². The summed E-state index contributed by atoms with van der Waals surface area (Å²) in [4.78, 5) is 14.7. The number of hydrogen-bond acceptors (Lipinski definition) is 2. The van der Waals surface area contributed by atoms with Crippen molar-refractivity contribution < 1.29 is 21.1 Å². The van der Waals surface area contributed by atoms with Crippen molar-refractivity contribution in [2.24, 2.45) is 0 Å². The Bertz CT molecular complexity index is 1690. The minimum Gasteiger partial charge on any atom is -0.439 e. The average molecular weight is 650 g/mol. The van der Waals surface area contributed by atoms with Crippen molar-refractivity contribution in [1.29, 1.82) is 0 Å². The number of aromatic nitrogens is 4. The summed E-state index contributed by atoms with van der Waals surface area (Å²) in [5.41, 5.74) is 6.72. The third-order valence-electron chi connectivity index (χ3n) is 6.47. The molecule has 180 valence electrons. The Morgan fingerprint density at radius 2 is 1.53 bits per heavy atom. The van der Waals surface area contributed by atoms with Crippen molar-refractivity contribution >= 4 is 21.8 Å². The van der Waals surface area contributed by atoms with Gasteiger partial charge >= 0.3 is 21.1 Å². The van der Waals surface area contributed by atoms with E-state index in [1.54, 1.807) is 6.20 Å². The van der Waals surface area contributed by atoms with Crippen molar-refractivity contribution in [1.82, 2.24) is 19.5 Å². The van der Waals surface area contributed by atoms with Crippen LogP contribution in [0.5, 0.6) is 0 Å². The van der Waals surface area contributed by atoms with Crippen molar-refractivity contribution in [2.75, 3.05) is 0 Å². The van der Waals surface area contributed by atoms with E-state index in [-0.39, 0.29) is 26.5 Å². The molecule has 0 bridgehead atoms. The largest absolute Gasteiger partial charge is 2.00 e. The number of fused-ring (bicyclic) bond motifs is 2. The second kappa shape index (κ2) is 9.18. The van der Waals surface area contributed by atoms with Gasteiger partial charge in [-0.05, 0) is 40.4 Å². The number of rotatable bonds is 3. The van der Waals surface area contributed by atoms with E-state index < -0.39 is 0 Å². The van der Waals surface area contributed by atoms with Gasteiger partial charge in [0, 0.05) is 17.6 Å². The Kier molecular flexibility index (Phi) is 6.18. The molecule has 5 heteroatoms. The second-order valence-electron chi connectivity index (χ2n) is 9.98. The third-order valence-corrected chi connectivity index (χ3v) is 6.47. The van der Waals surface area contributed by atoms with E-state index in [1.807, 2.05) is 30.3 Å². The van der Waals surface area contributed by atoms with E-state index in [0.29, 0.717) is 0 Å². The molecule has 0 radical (unpaired) electrons. The molecule has 0 atom stereocenters. The molecule has 0 aliphatic carbocycles. The molecule has 0 saturated carbocycles. The summed E-state index contributed by atoms with van der Waals surface area (Å²) in [6.07, 6.45) is 1.81. The van der Waals surface area contributed by atoms with Gasteiger partial charge in [-0.25, -0.2) is 0 Å². The first-order valence-electron chi connectivity index (χ1n) is 11.9. The minimum absolute atomic E-state index is 0. The summed E-state index contributed by atoms with van der Waals surface area (Å²) in [5, 5.41) is 3.42. The summed E-state index contributed by atoms with van der Waals surface area (Å²) in [6, 6.07) is 30.5. The number of nitrogens with zero attached hydrogens (tertiary/aromatic N) is 4. The fourth-order valence-electron chi connectivity index (χ4n) is 4.73. The Morgan fingerprint density at radius 3 is 2.25 bits per heavy atom. The molecule has 0 aliphatic heterocycles. The zero-order valence-corrected chi connectivity index (χ0v) is 23.0. The summed E-state index contributed by atoms with van der Waals surface area (Å²) in [5.74, 6) is 0.939. The van der Waals surface area contributed by atoms with Crippen LogP contribution in [0.15, 0.2) is 85.1 Å². The van der Waals surface area contributed by atoms with Crippen LogP contribution in [0.1, 0.15) is 32.2 Å². The quantitative estimate of drug-likeness (QED) is 0.190. The normalized spacial score (nSPS) is 11.7. The van der Waals surface area contributed by atoms with Gasteiger partial charge in [-0.3, -0.25) is 9.97 Å². The van der Waals surface area contributed by atoms with E-state index in [9.17, 15) is 0 Å². The van der Waals surface area contributed by atoms with Crippen LogP contribution in [0.2, 0.25) is 0 Å². The van der Waals surface area contributed by atoms with E-state index in [4.69, 9.17) is 9.97 Å². The fourth-order valence-corrected chi connectivity index (χ4v) is 4.73. The maximum absolute atomic E-state index is 5.18. The zero-order chi connectivity index (χ0) is 24.2. The molecule has 0 spiro atoms. The van der Waals surface area contributed by atoms with Crippen molar-refractivity contribution in [3.63, 3.8) is 0 Å². The van der Waals surface area contributed by atoms with E-state index in [1.165, 1.54) is 11.1 Å². The van der Waals surface area contributed by atoms with Crippen LogP contribution in [0.4, 0.5) is 0 Å². The van der Waals surface area contributed by atoms with Gasteiger partial charge in [-0.2, -0.15) is 0 Å². The molecule has 0 unspecified atom stereocenters. The van der Waals surface area contributed by atoms with Crippen LogP contribution in [0.25, 0.3) is 50.1 Å². The molecule has 4 aromatic heterocycles. The summed E-state index contributed by atoms with van der Waals surface area (Å²) < 4.78 is 2.25. The topological polar surface area (TPSA) is 44.8 Å². The standard InChI is InChI=1S/C31H26N4.Pt/c1-20-24-12-5-6-13-25(24)30(33-20)35-28(31(2,3)4)19-23-15-16-27(34-29(23)35)22-11-9-10-21(18-22)26-14-7-8-17-32-26;/h5-17,19H,1-4H3;/q-2;+2. The SMILES string of the molecule is Cc1[n-]c(-n2c(C(C)(C)C)cc3ccc(-c4[c-]c(-c5ccccn5)ccc4)nc32)c2ccccc12.[Pt+2]. The maximum Gasteiger partial charge on any atom is 2.00 e. The molecule has 0 aliphatic rings. The van der Waals surface area contributed by atoms with Gasteiger partial charge in [0.15, 0.2) is 0 Å². The Labute approximate surface area is 225 Å². The predicted molar refractivity (Wildman–Crippen MR) is 143 cm³/mol. The molecule has 0 amide bonds. The molecule has 36 heavy (non-hydrogen) atoms. The van der Waals surface area contributed by atoms with Gasteiger partial charge in [0.25, 0.3) is 0 Å². The molecule has 6 rings (SSSR count). The van der Waals surface area contributed by atoms with Gasteiger partial charge < -0.3 is 9.55 Å². The number of hydrogen-bond donors (Lipinski definition) is 0. The van der Waals surface area contributed by atoms with Crippen molar-refractivity contribution in [2.45, 2.75) is 33.1 Å². The molecular weight excluding hydrogens is 623 g/mol. The van der Waals surface area contributed by atoms with Crippen LogP contribution in [0.3, 0.4) is 0 Å². The molecule has 2 aromatic carbocycles. The monoisotopic (exact) mass is 649 g/mol. The Hall–Kier alpha value is -3.49. The van der Waals surface area contributed by atoms with Gasteiger partial charge in [-0.15, -0.1) is 24.3 Å². The third kappa shape index (κ3) is 4.10. The number of pyridine rings is 2. The van der Waals surface area contributed by atoms with Crippen molar-refractivity contribution in [3.8, 4) is 28.3 Å². The maximum atomic E-state index is 5.18. The predicted octanol–water partition coefficient (Wildman–Crippen LogP) is 7.27. The van der Waals surface area contributed by atoms with Gasteiger partial charge in [0.1, 0.15) is 0 Å². The van der Waals surface area contributed by atoms with Crippen LogP contribution in [0, 0.1) is 13.0 Å². The van der Waals surface area contributed by atoms with Gasteiger partial charge in [0.2, 0.25) is 0 Å². The summed E-state index contributed by atoms with van der Waals surface area (Å²) in [7, 11) is 0. The zero-order valence-electron chi connectivity index (χ0n) is 20.7. The summed E-state index contributed by atoms with van der Waals surface area (Å²) in [6.45, 7) is 8.79. The number of benzene rings is 2. The van der Waals surface area contributed by atoms with Gasteiger partial charge in [0.05, 0.1) is 5.65 Å².